The van der Waals surface area contributed by atoms with Crippen LogP contribution in [0.5, 0.6) is 0 Å². The molecule has 1 heterocycles. The van der Waals surface area contributed by atoms with Crippen molar-refractivity contribution in [3.63, 3.8) is 0 Å². The summed E-state index contributed by atoms with van der Waals surface area (Å²) in [4.78, 5) is 12.3. The van der Waals surface area contributed by atoms with Crippen LogP contribution in [0.2, 0.25) is 0 Å². The smallest absolute Gasteiger partial charge is 0.255 e. The van der Waals surface area contributed by atoms with Gasteiger partial charge in [-0.05, 0) is 18.6 Å². The lowest BCUT2D eigenvalue weighted by atomic mass is 10.1. The van der Waals surface area contributed by atoms with Crippen LogP contribution in [0, 0.1) is 6.92 Å². The van der Waals surface area contributed by atoms with Crippen LogP contribution in [0.3, 0.4) is 0 Å². The van der Waals surface area contributed by atoms with Crippen LogP contribution in [0.4, 0.5) is 0 Å². The van der Waals surface area contributed by atoms with Gasteiger partial charge in [-0.15, -0.1) is 0 Å². The van der Waals surface area contributed by atoms with Crippen LogP contribution >= 0.6 is 0 Å². The maximum Gasteiger partial charge on any atom is 0.255 e. The number of rotatable bonds is 4. The van der Waals surface area contributed by atoms with Crippen LogP contribution in [-0.2, 0) is 6.54 Å². The lowest BCUT2D eigenvalue weighted by molar-refractivity contribution is 0.0949. The zero-order valence-electron chi connectivity index (χ0n) is 12.4. The van der Waals surface area contributed by atoms with Crippen molar-refractivity contribution in [1.82, 2.24) is 5.32 Å². The number of furan rings is 1. The number of nitrogens with one attached hydrogen (secondary N) is 1. The van der Waals surface area contributed by atoms with Crippen molar-refractivity contribution in [2.24, 2.45) is 0 Å². The van der Waals surface area contributed by atoms with E-state index >= 15 is 0 Å². The summed E-state index contributed by atoms with van der Waals surface area (Å²) in [5.74, 6) is 1.22. The zero-order chi connectivity index (χ0) is 15.4. The number of hydrogen-bond donors (Lipinski definition) is 1. The van der Waals surface area contributed by atoms with Gasteiger partial charge in [0.2, 0.25) is 0 Å². The fourth-order valence-electron chi connectivity index (χ4n) is 2.33. The van der Waals surface area contributed by atoms with Gasteiger partial charge in [-0.2, -0.15) is 0 Å². The van der Waals surface area contributed by atoms with E-state index < -0.39 is 0 Å². The molecule has 0 fully saturated rings. The Morgan fingerprint density at radius 2 is 1.64 bits per heavy atom. The van der Waals surface area contributed by atoms with Crippen LogP contribution in [0.25, 0.3) is 11.3 Å². The molecule has 1 amide bonds. The van der Waals surface area contributed by atoms with Crippen molar-refractivity contribution < 1.29 is 9.21 Å². The monoisotopic (exact) mass is 291 g/mol. The van der Waals surface area contributed by atoms with Gasteiger partial charge in [0, 0.05) is 12.1 Å². The summed E-state index contributed by atoms with van der Waals surface area (Å²) < 4.78 is 5.71. The van der Waals surface area contributed by atoms with E-state index in [1.165, 1.54) is 0 Å². The van der Waals surface area contributed by atoms with Crippen molar-refractivity contribution in [3.05, 3.63) is 83.6 Å². The molecule has 1 aromatic heterocycles. The normalized spacial score (nSPS) is 10.4. The quantitative estimate of drug-likeness (QED) is 0.783. The van der Waals surface area contributed by atoms with Gasteiger partial charge >= 0.3 is 0 Å². The first-order valence-electron chi connectivity index (χ1n) is 7.22. The standard InChI is InChI=1S/C19H17NO2/c1-14-17(12-18(22-14)16-10-6-3-7-11-16)19(21)20-13-15-8-4-2-5-9-15/h2-12H,13H2,1H3,(H,20,21). The molecule has 3 heteroatoms. The van der Waals surface area contributed by atoms with E-state index in [2.05, 4.69) is 5.32 Å². The van der Waals surface area contributed by atoms with Crippen molar-refractivity contribution in [2.75, 3.05) is 0 Å². The highest BCUT2D eigenvalue weighted by atomic mass is 16.3. The molecule has 22 heavy (non-hydrogen) atoms. The Labute approximate surface area is 129 Å². The summed E-state index contributed by atoms with van der Waals surface area (Å²) >= 11 is 0. The molecule has 0 saturated carbocycles. The Morgan fingerprint density at radius 3 is 2.32 bits per heavy atom. The zero-order valence-corrected chi connectivity index (χ0v) is 12.4. The minimum atomic E-state index is -0.118. The van der Waals surface area contributed by atoms with E-state index in [1.807, 2.05) is 67.6 Å². The molecular weight excluding hydrogens is 274 g/mol. The Hall–Kier alpha value is -2.81. The average Bonchev–Trinajstić information content (AvgIpc) is 2.96. The van der Waals surface area contributed by atoms with Gasteiger partial charge < -0.3 is 9.73 Å². The molecular formula is C19H17NO2. The minimum Gasteiger partial charge on any atom is -0.461 e. The predicted octanol–water partition coefficient (Wildman–Crippen LogP) is 4.19. The summed E-state index contributed by atoms with van der Waals surface area (Å²) in [5.41, 5.74) is 2.61. The van der Waals surface area contributed by atoms with Gasteiger partial charge in [0.05, 0.1) is 5.56 Å². The Balaban J connectivity index is 1.74. The molecule has 0 spiro atoms. The number of amides is 1. The highest BCUT2D eigenvalue weighted by Gasteiger charge is 2.15. The van der Waals surface area contributed by atoms with E-state index in [9.17, 15) is 4.79 Å². The third-order valence-electron chi connectivity index (χ3n) is 3.52. The van der Waals surface area contributed by atoms with E-state index in [4.69, 9.17) is 4.42 Å². The maximum atomic E-state index is 12.3. The second-order valence-electron chi connectivity index (χ2n) is 5.11. The van der Waals surface area contributed by atoms with Gasteiger partial charge in [-0.1, -0.05) is 60.7 Å². The number of carbonyl (C=O) groups excluding carboxylic acids is 1. The Kier molecular flexibility index (Phi) is 4.05. The molecule has 0 aliphatic carbocycles. The van der Waals surface area contributed by atoms with E-state index in [0.29, 0.717) is 23.6 Å². The third-order valence-corrected chi connectivity index (χ3v) is 3.52. The second-order valence-corrected chi connectivity index (χ2v) is 5.11. The van der Waals surface area contributed by atoms with Gasteiger partial charge in [0.25, 0.3) is 5.91 Å². The highest BCUT2D eigenvalue weighted by Crippen LogP contribution is 2.25. The molecule has 0 unspecified atom stereocenters. The highest BCUT2D eigenvalue weighted by molar-refractivity contribution is 5.96. The first kappa shape index (κ1) is 14.1. The van der Waals surface area contributed by atoms with Gasteiger partial charge in [0.1, 0.15) is 11.5 Å². The van der Waals surface area contributed by atoms with Crippen molar-refractivity contribution >= 4 is 5.91 Å². The maximum absolute atomic E-state index is 12.3. The summed E-state index contributed by atoms with van der Waals surface area (Å²) in [5, 5.41) is 2.92. The van der Waals surface area contributed by atoms with Crippen molar-refractivity contribution in [3.8, 4) is 11.3 Å². The van der Waals surface area contributed by atoms with Crippen LogP contribution in [-0.4, -0.2) is 5.91 Å². The molecule has 110 valence electrons. The Bertz CT molecular complexity index is 761. The molecule has 0 atom stereocenters. The average molecular weight is 291 g/mol. The number of carbonyl (C=O) groups is 1. The number of benzene rings is 2. The lowest BCUT2D eigenvalue weighted by Gasteiger charge is -2.03. The first-order valence-corrected chi connectivity index (χ1v) is 7.22. The van der Waals surface area contributed by atoms with Gasteiger partial charge in [0.15, 0.2) is 0 Å². The summed E-state index contributed by atoms with van der Waals surface area (Å²) in [6, 6.07) is 21.4. The fraction of sp³-hybridized carbons (Fsp3) is 0.105. The molecule has 3 nitrogen and oxygen atoms in total. The van der Waals surface area contributed by atoms with Crippen LogP contribution in [0.1, 0.15) is 21.7 Å². The van der Waals surface area contributed by atoms with Crippen molar-refractivity contribution in [2.45, 2.75) is 13.5 Å². The molecule has 0 saturated heterocycles. The van der Waals surface area contributed by atoms with Crippen LogP contribution in [0.15, 0.2) is 71.1 Å². The van der Waals surface area contributed by atoms with Crippen molar-refractivity contribution in [1.29, 1.82) is 0 Å². The number of aryl methyl sites for hydroxylation is 1. The molecule has 3 aromatic rings. The Morgan fingerprint density at radius 1 is 1.00 bits per heavy atom. The van der Waals surface area contributed by atoms with Crippen LogP contribution < -0.4 is 5.32 Å². The largest absolute Gasteiger partial charge is 0.461 e. The molecule has 0 aliphatic rings. The predicted molar refractivity (Wildman–Crippen MR) is 86.5 cm³/mol. The SMILES string of the molecule is Cc1oc(-c2ccccc2)cc1C(=O)NCc1ccccc1. The van der Waals surface area contributed by atoms with E-state index in [-0.39, 0.29) is 5.91 Å². The molecule has 3 rings (SSSR count). The van der Waals surface area contributed by atoms with Gasteiger partial charge in [-0.3, -0.25) is 4.79 Å². The van der Waals surface area contributed by atoms with E-state index in [0.717, 1.165) is 11.1 Å². The molecule has 0 bridgehead atoms. The molecule has 1 N–H and O–H groups in total. The molecule has 2 aromatic carbocycles. The number of hydrogen-bond acceptors (Lipinski definition) is 2. The summed E-state index contributed by atoms with van der Waals surface area (Å²) in [6.07, 6.45) is 0. The third kappa shape index (κ3) is 3.09. The minimum absolute atomic E-state index is 0.118. The summed E-state index contributed by atoms with van der Waals surface area (Å²) in [6.45, 7) is 2.31. The molecule has 0 radical (unpaired) electrons. The second kappa shape index (κ2) is 6.31. The topological polar surface area (TPSA) is 42.2 Å². The summed E-state index contributed by atoms with van der Waals surface area (Å²) in [7, 11) is 0. The fourth-order valence-corrected chi connectivity index (χ4v) is 2.33. The molecule has 0 aliphatic heterocycles. The lowest BCUT2D eigenvalue weighted by Crippen LogP contribution is -2.22. The van der Waals surface area contributed by atoms with Gasteiger partial charge in [-0.25, -0.2) is 0 Å². The first-order chi connectivity index (χ1) is 10.7. The van der Waals surface area contributed by atoms with E-state index in [1.54, 1.807) is 6.07 Å².